The Labute approximate surface area is 196 Å². The van der Waals surface area contributed by atoms with E-state index >= 15 is 0 Å². The number of aliphatic hydroxyl groups excluding tert-OH is 1. The Balaban J connectivity index is 1.51. The lowest BCUT2D eigenvalue weighted by atomic mass is 9.95. The topological polar surface area (TPSA) is 58.6 Å². The second-order valence-electron chi connectivity index (χ2n) is 7.90. The standard InChI is InChI=1S/C26H26INO3/c27-26(20-13-5-2-6-14-20)18-22(25(30)21-15-7-8-16-23(21)31-26)28-24(29)17-9-12-19-10-3-1-4-11-19/h1-8,10-11,13-16,22,25,30H,9,12,17-18H2,(H,28,29). The zero-order valence-corrected chi connectivity index (χ0v) is 19.4. The number of nitrogens with one attached hydrogen (secondary N) is 1. The van der Waals surface area contributed by atoms with Crippen LogP contribution in [0.1, 0.15) is 42.1 Å². The number of benzene rings is 3. The molecule has 3 aromatic carbocycles. The van der Waals surface area contributed by atoms with Gasteiger partial charge in [-0.05, 0) is 47.1 Å². The summed E-state index contributed by atoms with van der Waals surface area (Å²) in [4.78, 5) is 12.8. The van der Waals surface area contributed by atoms with E-state index < -0.39 is 15.8 Å². The van der Waals surface area contributed by atoms with E-state index in [9.17, 15) is 9.90 Å². The second-order valence-corrected chi connectivity index (χ2v) is 9.64. The van der Waals surface area contributed by atoms with E-state index in [0.717, 1.165) is 18.4 Å². The van der Waals surface area contributed by atoms with Gasteiger partial charge in [-0.25, -0.2) is 0 Å². The first-order valence-electron chi connectivity index (χ1n) is 10.6. The van der Waals surface area contributed by atoms with Gasteiger partial charge in [0.2, 0.25) is 5.91 Å². The van der Waals surface area contributed by atoms with Crippen LogP contribution in [0, 0.1) is 0 Å². The maximum atomic E-state index is 12.8. The van der Waals surface area contributed by atoms with Crippen LogP contribution in [-0.2, 0) is 14.8 Å². The third kappa shape index (κ3) is 5.28. The van der Waals surface area contributed by atoms with Crippen LogP contribution in [0.25, 0.3) is 0 Å². The van der Waals surface area contributed by atoms with Gasteiger partial charge in [0.25, 0.3) is 0 Å². The second kappa shape index (κ2) is 9.83. The normalized spacial score (nSPS) is 22.6. The Morgan fingerprint density at radius 2 is 1.65 bits per heavy atom. The number of carbonyl (C=O) groups is 1. The van der Waals surface area contributed by atoms with Gasteiger partial charge in [0.15, 0.2) is 3.61 Å². The van der Waals surface area contributed by atoms with E-state index in [0.29, 0.717) is 24.2 Å². The molecule has 160 valence electrons. The molecule has 4 rings (SSSR count). The number of aryl methyl sites for hydroxylation is 1. The van der Waals surface area contributed by atoms with Crippen LogP contribution >= 0.6 is 22.6 Å². The van der Waals surface area contributed by atoms with Crippen LogP contribution in [0.15, 0.2) is 84.9 Å². The van der Waals surface area contributed by atoms with Gasteiger partial charge in [0, 0.05) is 24.0 Å². The van der Waals surface area contributed by atoms with Gasteiger partial charge in [-0.3, -0.25) is 4.79 Å². The van der Waals surface area contributed by atoms with Gasteiger partial charge < -0.3 is 15.2 Å². The molecule has 5 heteroatoms. The molecule has 0 saturated heterocycles. The predicted molar refractivity (Wildman–Crippen MR) is 130 cm³/mol. The highest BCUT2D eigenvalue weighted by Gasteiger charge is 2.42. The van der Waals surface area contributed by atoms with E-state index in [1.54, 1.807) is 0 Å². The number of hydrogen-bond acceptors (Lipinski definition) is 3. The number of amides is 1. The molecular formula is C26H26INO3. The molecule has 0 aromatic heterocycles. The summed E-state index contributed by atoms with van der Waals surface area (Å²) in [6, 6.07) is 27.2. The van der Waals surface area contributed by atoms with Crippen molar-refractivity contribution in [3.05, 3.63) is 102 Å². The summed E-state index contributed by atoms with van der Waals surface area (Å²) in [5, 5.41) is 14.2. The molecule has 0 bridgehead atoms. The largest absolute Gasteiger partial charge is 0.472 e. The third-order valence-corrected chi connectivity index (χ3v) is 6.92. The van der Waals surface area contributed by atoms with Crippen molar-refractivity contribution in [1.82, 2.24) is 5.32 Å². The molecule has 3 atom stereocenters. The van der Waals surface area contributed by atoms with Crippen molar-refractivity contribution in [3.8, 4) is 5.75 Å². The molecule has 3 aromatic rings. The van der Waals surface area contributed by atoms with Gasteiger partial charge in [-0.1, -0.05) is 78.9 Å². The molecule has 31 heavy (non-hydrogen) atoms. The molecule has 1 aliphatic heterocycles. The molecule has 0 fully saturated rings. The fourth-order valence-electron chi connectivity index (χ4n) is 4.02. The molecule has 1 heterocycles. The SMILES string of the molecule is O=C(CCCc1ccccc1)NC1CC(I)(c2ccccc2)Oc2ccccc2C1O. The summed E-state index contributed by atoms with van der Waals surface area (Å²) >= 11 is 2.30. The zero-order valence-electron chi connectivity index (χ0n) is 17.2. The molecule has 0 saturated carbocycles. The van der Waals surface area contributed by atoms with Gasteiger partial charge in [-0.15, -0.1) is 0 Å². The Hall–Kier alpha value is -2.38. The van der Waals surface area contributed by atoms with Crippen molar-refractivity contribution in [2.75, 3.05) is 0 Å². The Morgan fingerprint density at radius 1 is 1.00 bits per heavy atom. The highest BCUT2D eigenvalue weighted by molar-refractivity contribution is 14.1. The zero-order chi connectivity index (χ0) is 21.7. The number of alkyl halides is 1. The van der Waals surface area contributed by atoms with Crippen molar-refractivity contribution in [2.45, 2.75) is 41.4 Å². The van der Waals surface area contributed by atoms with Crippen LogP contribution in [0.2, 0.25) is 0 Å². The van der Waals surface area contributed by atoms with Gasteiger partial charge >= 0.3 is 0 Å². The lowest BCUT2D eigenvalue weighted by Gasteiger charge is -2.31. The van der Waals surface area contributed by atoms with Gasteiger partial charge in [0.1, 0.15) is 11.9 Å². The van der Waals surface area contributed by atoms with E-state index in [4.69, 9.17) is 4.74 Å². The first kappa shape index (κ1) is 21.8. The Bertz CT molecular complexity index is 1010. The Kier molecular flexibility index (Phi) is 6.92. The highest BCUT2D eigenvalue weighted by atomic mass is 127. The predicted octanol–water partition coefficient (Wildman–Crippen LogP) is 5.30. The molecular weight excluding hydrogens is 501 g/mol. The summed E-state index contributed by atoms with van der Waals surface area (Å²) in [5.41, 5.74) is 2.93. The van der Waals surface area contributed by atoms with E-state index in [1.807, 2.05) is 72.8 Å². The lowest BCUT2D eigenvalue weighted by molar-refractivity contribution is -0.123. The van der Waals surface area contributed by atoms with Crippen LogP contribution < -0.4 is 10.1 Å². The van der Waals surface area contributed by atoms with Crippen LogP contribution in [0.5, 0.6) is 5.75 Å². The summed E-state index contributed by atoms with van der Waals surface area (Å²) in [6.07, 6.45) is 1.65. The maximum Gasteiger partial charge on any atom is 0.220 e. The average Bonchev–Trinajstić information content (AvgIpc) is 2.90. The number of aliphatic hydroxyl groups is 1. The minimum Gasteiger partial charge on any atom is -0.472 e. The minimum absolute atomic E-state index is 0.0498. The van der Waals surface area contributed by atoms with Crippen molar-refractivity contribution >= 4 is 28.5 Å². The van der Waals surface area contributed by atoms with E-state index in [-0.39, 0.29) is 5.91 Å². The highest BCUT2D eigenvalue weighted by Crippen LogP contribution is 2.46. The smallest absolute Gasteiger partial charge is 0.220 e. The molecule has 0 aliphatic carbocycles. The molecule has 4 nitrogen and oxygen atoms in total. The van der Waals surface area contributed by atoms with E-state index in [1.165, 1.54) is 5.56 Å². The summed E-state index contributed by atoms with van der Waals surface area (Å²) < 4.78 is 5.73. The average molecular weight is 527 g/mol. The molecule has 1 aliphatic rings. The molecule has 2 N–H and O–H groups in total. The maximum absolute atomic E-state index is 12.8. The first-order valence-corrected chi connectivity index (χ1v) is 11.7. The molecule has 3 unspecified atom stereocenters. The van der Waals surface area contributed by atoms with Crippen LogP contribution in [-0.4, -0.2) is 17.1 Å². The monoisotopic (exact) mass is 527 g/mol. The number of hydrogen-bond donors (Lipinski definition) is 2. The van der Waals surface area contributed by atoms with Crippen LogP contribution in [0.4, 0.5) is 0 Å². The van der Waals surface area contributed by atoms with Gasteiger partial charge in [-0.2, -0.15) is 0 Å². The Morgan fingerprint density at radius 3 is 2.39 bits per heavy atom. The molecule has 0 radical (unpaired) electrons. The lowest BCUT2D eigenvalue weighted by Crippen LogP contribution is -2.42. The van der Waals surface area contributed by atoms with Crippen molar-refractivity contribution in [1.29, 1.82) is 0 Å². The third-order valence-electron chi connectivity index (χ3n) is 5.64. The van der Waals surface area contributed by atoms with Gasteiger partial charge in [0.05, 0.1) is 6.04 Å². The van der Waals surface area contributed by atoms with Crippen molar-refractivity contribution < 1.29 is 14.6 Å². The van der Waals surface area contributed by atoms with Crippen molar-refractivity contribution in [3.63, 3.8) is 0 Å². The number of rotatable bonds is 6. The quantitative estimate of drug-likeness (QED) is 0.338. The van der Waals surface area contributed by atoms with E-state index in [2.05, 4.69) is 40.0 Å². The number of halogens is 1. The summed E-state index contributed by atoms with van der Waals surface area (Å²) in [7, 11) is 0. The summed E-state index contributed by atoms with van der Waals surface area (Å²) in [5.74, 6) is 0.597. The molecule has 0 spiro atoms. The van der Waals surface area contributed by atoms with Crippen molar-refractivity contribution in [2.24, 2.45) is 0 Å². The summed E-state index contributed by atoms with van der Waals surface area (Å²) in [6.45, 7) is 0. The van der Waals surface area contributed by atoms with Crippen LogP contribution in [0.3, 0.4) is 0 Å². The first-order chi connectivity index (χ1) is 15.0. The number of carbonyl (C=O) groups excluding carboxylic acids is 1. The minimum atomic E-state index is -0.838. The number of ether oxygens (including phenoxy) is 1. The number of fused-ring (bicyclic) bond motifs is 1. The fraction of sp³-hybridized carbons (Fsp3) is 0.269. The number of para-hydroxylation sites is 1. The molecule has 1 amide bonds. The fourth-order valence-corrected chi connectivity index (χ4v) is 5.09.